The second kappa shape index (κ2) is 15.4. The third-order valence-electron chi connectivity index (χ3n) is 7.62. The Morgan fingerprint density at radius 1 is 0.667 bits per heavy atom. The molecule has 0 fully saturated rings. The number of hydrogen-bond donors (Lipinski definition) is 0. The van der Waals surface area contributed by atoms with Crippen LogP contribution >= 0.6 is 0 Å². The van der Waals surface area contributed by atoms with E-state index in [4.69, 9.17) is 5.32 Å². The Balaban J connectivity index is 0.00000205. The van der Waals surface area contributed by atoms with E-state index < -0.39 is 0 Å². The average molecular weight is 717 g/mol. The Labute approximate surface area is 274 Å². The van der Waals surface area contributed by atoms with Gasteiger partial charge in [0.1, 0.15) is 0 Å². The second-order valence-corrected chi connectivity index (χ2v) is 11.4. The molecule has 1 unspecified atom stereocenters. The van der Waals surface area contributed by atoms with Crippen LogP contribution < -0.4 is 0 Å². The SMILES string of the molecule is CC(C)c1ccccc1C([N-]c1c(C(C)C)cccc1C(C)C)C1=CC=CC(c2[c-]ccc3ccccc23)=[C+]1.[CH3-].[CH3-].[Hf+4]. The van der Waals surface area contributed by atoms with Gasteiger partial charge in [0.05, 0.1) is 11.1 Å². The maximum absolute atomic E-state index is 5.64. The van der Waals surface area contributed by atoms with Crippen LogP contribution in [0.3, 0.4) is 0 Å². The van der Waals surface area contributed by atoms with Gasteiger partial charge >= 0.3 is 25.8 Å². The summed E-state index contributed by atoms with van der Waals surface area (Å²) in [6, 6.07) is 31.4. The molecule has 1 atom stereocenters. The van der Waals surface area contributed by atoms with Crippen LogP contribution in [0.4, 0.5) is 5.69 Å². The smallest absolute Gasteiger partial charge is 0.672 e. The van der Waals surface area contributed by atoms with Crippen molar-refractivity contribution in [2.45, 2.75) is 65.3 Å². The summed E-state index contributed by atoms with van der Waals surface area (Å²) < 4.78 is 0. The summed E-state index contributed by atoms with van der Waals surface area (Å²) in [6.07, 6.45) is 10.3. The minimum atomic E-state index is -0.170. The Morgan fingerprint density at radius 2 is 1.24 bits per heavy atom. The predicted molar refractivity (Wildman–Crippen MR) is 180 cm³/mol. The molecular formula is C40H44HfN+. The van der Waals surface area contributed by atoms with Crippen molar-refractivity contribution in [3.63, 3.8) is 0 Å². The maximum Gasteiger partial charge on any atom is 4.00 e. The molecule has 4 aromatic carbocycles. The fourth-order valence-corrected chi connectivity index (χ4v) is 5.56. The van der Waals surface area contributed by atoms with Gasteiger partial charge in [0.25, 0.3) is 0 Å². The number of rotatable bonds is 8. The van der Waals surface area contributed by atoms with Gasteiger partial charge in [-0.05, 0) is 47.1 Å². The zero-order valence-electron chi connectivity index (χ0n) is 26.5. The molecule has 0 aromatic heterocycles. The van der Waals surface area contributed by atoms with Crippen molar-refractivity contribution < 1.29 is 25.8 Å². The van der Waals surface area contributed by atoms with Crippen LogP contribution in [0.25, 0.3) is 21.7 Å². The van der Waals surface area contributed by atoms with Gasteiger partial charge < -0.3 is 20.2 Å². The molecule has 1 aliphatic carbocycles. The van der Waals surface area contributed by atoms with Crippen molar-refractivity contribution in [3.8, 4) is 0 Å². The van der Waals surface area contributed by atoms with Crippen LogP contribution in [0.2, 0.25) is 0 Å². The molecule has 0 N–H and O–H groups in total. The Hall–Kier alpha value is -3.06. The normalized spacial score (nSPS) is 13.0. The molecule has 1 nitrogen and oxygen atoms in total. The van der Waals surface area contributed by atoms with Crippen molar-refractivity contribution in [2.24, 2.45) is 0 Å². The van der Waals surface area contributed by atoms with Crippen molar-refractivity contribution in [3.05, 3.63) is 163 Å². The van der Waals surface area contributed by atoms with Crippen molar-refractivity contribution in [1.29, 1.82) is 0 Å². The van der Waals surface area contributed by atoms with Crippen molar-refractivity contribution in [2.75, 3.05) is 0 Å². The molecule has 0 spiro atoms. The number of allylic oxidation sites excluding steroid dienone is 4. The molecule has 0 radical (unpaired) electrons. The minimum absolute atomic E-state index is 0. The standard InChI is InChI=1S/C38H38N.2CH3.Hf/c1-25(2)31-18-9-10-20-36(31)37(39-38-32(26(3)4)21-13-22-33(38)27(5)6)30-17-11-16-29(24-30)35-23-12-15-28-14-7-8-19-34(28)35;;;/h7-22,25-27,37H,1-6H3;2*1H3;/q3*-1;+4. The molecule has 42 heavy (non-hydrogen) atoms. The van der Waals surface area contributed by atoms with Crippen molar-refractivity contribution in [1.82, 2.24) is 0 Å². The molecule has 0 amide bonds. The molecule has 0 saturated heterocycles. The first-order valence-electron chi connectivity index (χ1n) is 14.2. The van der Waals surface area contributed by atoms with Crippen LogP contribution in [-0.2, 0) is 25.8 Å². The van der Waals surface area contributed by atoms with Gasteiger partial charge in [-0.3, -0.25) is 0 Å². The number of para-hydroxylation sites is 1. The van der Waals surface area contributed by atoms with E-state index in [-0.39, 0.29) is 46.7 Å². The minimum Gasteiger partial charge on any atom is -0.672 e. The van der Waals surface area contributed by atoms with Gasteiger partial charge in [0.15, 0.2) is 0 Å². The summed E-state index contributed by atoms with van der Waals surface area (Å²) in [5.74, 6) is 1.14. The van der Waals surface area contributed by atoms with E-state index in [1.807, 2.05) is 6.07 Å². The Kier molecular flexibility index (Phi) is 12.9. The average Bonchev–Trinajstić information content (AvgIpc) is 2.95. The van der Waals surface area contributed by atoms with E-state index in [9.17, 15) is 0 Å². The second-order valence-electron chi connectivity index (χ2n) is 11.4. The van der Waals surface area contributed by atoms with Gasteiger partial charge in [-0.15, -0.1) is 17.8 Å². The molecule has 4 aromatic rings. The number of nitrogens with zero attached hydrogens (tertiary/aromatic N) is 1. The molecule has 5 rings (SSSR count). The fraction of sp³-hybridized carbons (Fsp3) is 0.250. The maximum atomic E-state index is 5.64. The first kappa shape index (κ1) is 35.1. The van der Waals surface area contributed by atoms with Crippen LogP contribution in [0, 0.1) is 27.0 Å². The number of fused-ring (bicyclic) bond motifs is 1. The molecule has 0 bridgehead atoms. The zero-order valence-corrected chi connectivity index (χ0v) is 30.1. The van der Waals surface area contributed by atoms with Crippen LogP contribution in [0.5, 0.6) is 0 Å². The van der Waals surface area contributed by atoms with E-state index in [1.54, 1.807) is 0 Å². The van der Waals surface area contributed by atoms with E-state index in [1.165, 1.54) is 33.0 Å². The largest absolute Gasteiger partial charge is 4.00 e. The van der Waals surface area contributed by atoms with Crippen molar-refractivity contribution >= 4 is 22.0 Å². The van der Waals surface area contributed by atoms with E-state index in [2.05, 4.69) is 145 Å². The summed E-state index contributed by atoms with van der Waals surface area (Å²) in [7, 11) is 0. The van der Waals surface area contributed by atoms with Gasteiger partial charge in [0.2, 0.25) is 0 Å². The molecular weight excluding hydrogens is 673 g/mol. The summed E-state index contributed by atoms with van der Waals surface area (Å²) in [5, 5.41) is 8.04. The van der Waals surface area contributed by atoms with E-state index >= 15 is 0 Å². The van der Waals surface area contributed by atoms with Gasteiger partial charge in [-0.1, -0.05) is 142 Å². The topological polar surface area (TPSA) is 14.1 Å². The molecule has 0 heterocycles. The first-order chi connectivity index (χ1) is 18.8. The predicted octanol–water partition coefficient (Wildman–Crippen LogP) is 12.0. The van der Waals surface area contributed by atoms with Crippen LogP contribution in [0.15, 0.2) is 103 Å². The third-order valence-corrected chi connectivity index (χ3v) is 7.62. The summed E-state index contributed by atoms with van der Waals surface area (Å²) in [4.78, 5) is 0. The van der Waals surface area contributed by atoms with E-state index in [0.29, 0.717) is 17.8 Å². The Morgan fingerprint density at radius 3 is 1.88 bits per heavy atom. The quantitative estimate of drug-likeness (QED) is 0.127. The molecule has 212 valence electrons. The molecule has 2 heteroatoms. The van der Waals surface area contributed by atoms with Gasteiger partial charge in [-0.2, -0.15) is 0 Å². The monoisotopic (exact) mass is 718 g/mol. The molecule has 1 aliphatic rings. The van der Waals surface area contributed by atoms with Gasteiger partial charge in [0, 0.05) is 12.2 Å². The first-order valence-corrected chi connectivity index (χ1v) is 14.2. The Bertz CT molecular complexity index is 1540. The fourth-order valence-electron chi connectivity index (χ4n) is 5.56. The molecule has 0 saturated carbocycles. The van der Waals surface area contributed by atoms with Gasteiger partial charge in [-0.25, -0.2) is 0 Å². The van der Waals surface area contributed by atoms with E-state index in [0.717, 1.165) is 22.4 Å². The zero-order chi connectivity index (χ0) is 27.5. The molecule has 0 aliphatic heterocycles. The number of hydrogen-bond acceptors (Lipinski definition) is 0. The summed E-state index contributed by atoms with van der Waals surface area (Å²) in [5.41, 5.74) is 9.50. The summed E-state index contributed by atoms with van der Waals surface area (Å²) in [6.45, 7) is 13.6. The summed E-state index contributed by atoms with van der Waals surface area (Å²) >= 11 is 0. The number of benzene rings is 4. The van der Waals surface area contributed by atoms with Crippen LogP contribution in [0.1, 0.15) is 93.2 Å². The third kappa shape index (κ3) is 7.28. The van der Waals surface area contributed by atoms with Crippen LogP contribution in [-0.4, -0.2) is 0 Å².